The van der Waals surface area contributed by atoms with Crippen LogP contribution in [-0.4, -0.2) is 23.4 Å². The summed E-state index contributed by atoms with van der Waals surface area (Å²) in [5.74, 6) is 0. The van der Waals surface area contributed by atoms with Crippen LogP contribution in [0.2, 0.25) is 0 Å². The Labute approximate surface area is 110 Å². The number of hydrogen-bond acceptors (Lipinski definition) is 4. The van der Waals surface area contributed by atoms with Gasteiger partial charge in [0.15, 0.2) is 0 Å². The summed E-state index contributed by atoms with van der Waals surface area (Å²) in [6.45, 7) is -0.250. The summed E-state index contributed by atoms with van der Waals surface area (Å²) in [5.41, 5.74) is 0. The highest BCUT2D eigenvalue weighted by atomic mass is 36.1. The van der Waals surface area contributed by atoms with Crippen molar-refractivity contribution in [3.8, 4) is 0 Å². The van der Waals surface area contributed by atoms with Crippen LogP contribution in [0, 0.1) is 0 Å². The molecule has 0 aromatic heterocycles. The summed E-state index contributed by atoms with van der Waals surface area (Å²) in [7, 11) is 0. The second-order valence-corrected chi connectivity index (χ2v) is 14.5. The molecule has 0 fully saturated rings. The maximum atomic E-state index is 9.51. The normalized spacial score (nSPS) is 10.6. The van der Waals surface area contributed by atoms with Gasteiger partial charge in [-0.2, -0.15) is 0 Å². The molecule has 0 atom stereocenters. The highest BCUT2D eigenvalue weighted by molar-refractivity contribution is 8.25. The molecular formula is C2H6Cl6O4P2. The zero-order valence-corrected chi connectivity index (χ0v) is 12.6. The molecule has 12 heteroatoms. The Morgan fingerprint density at radius 3 is 0.786 bits per heavy atom. The van der Waals surface area contributed by atoms with Crippen LogP contribution in [0.1, 0.15) is 0 Å². The predicted molar refractivity (Wildman–Crippen MR) is 64.5 cm³/mol. The third-order valence-corrected chi connectivity index (χ3v) is 0.1000. The first-order valence-electron chi connectivity index (χ1n) is 2.51. The molecule has 0 aromatic rings. The first kappa shape index (κ1) is 21.4. The minimum atomic E-state index is -3.22. The molecule has 0 aromatic carbocycles. The average molecular weight is 369 g/mol. The van der Waals surface area contributed by atoms with Gasteiger partial charge in [-0.1, -0.05) is 0 Å². The number of rotatable bonds is 1. The largest absolute Gasteiger partial charge is 0.394 e. The lowest BCUT2D eigenvalue weighted by atomic mass is 10.8. The molecule has 0 rings (SSSR count). The maximum Gasteiger partial charge on any atom is 0.339 e. The molecule has 0 heterocycles. The van der Waals surface area contributed by atoms with Crippen molar-refractivity contribution in [2.75, 3.05) is 13.2 Å². The average Bonchev–Trinajstić information content (AvgIpc) is 1.79. The fraction of sp³-hybridized carbons (Fsp3) is 1.00. The first-order valence-corrected chi connectivity index (χ1v) is 11.4. The number of halogens is 6. The molecule has 2 N–H and O–H groups in total. The van der Waals surface area contributed by atoms with Crippen LogP contribution in [0.25, 0.3) is 0 Å². The Morgan fingerprint density at radius 2 is 0.786 bits per heavy atom. The van der Waals surface area contributed by atoms with E-state index in [-0.39, 0.29) is 13.2 Å². The van der Waals surface area contributed by atoms with Crippen LogP contribution in [0.3, 0.4) is 0 Å². The van der Waals surface area contributed by atoms with Gasteiger partial charge in [-0.15, -0.1) is 0 Å². The lowest BCUT2D eigenvalue weighted by Gasteiger charge is -1.74. The molecular weight excluding hydrogens is 363 g/mol. The molecule has 0 aliphatic carbocycles. The molecule has 0 radical (unpaired) electrons. The third kappa shape index (κ3) is 250. The summed E-state index contributed by atoms with van der Waals surface area (Å²) < 4.78 is 19.0. The van der Waals surface area contributed by atoms with E-state index in [2.05, 4.69) is 67.4 Å². The van der Waals surface area contributed by atoms with Crippen molar-refractivity contribution in [2.45, 2.75) is 0 Å². The molecule has 0 bridgehead atoms. The minimum Gasteiger partial charge on any atom is -0.394 e. The van der Waals surface area contributed by atoms with Crippen molar-refractivity contribution in [1.29, 1.82) is 0 Å². The van der Waals surface area contributed by atoms with E-state index in [1.54, 1.807) is 0 Å². The van der Waals surface area contributed by atoms with Gasteiger partial charge in [-0.25, -0.2) is 0 Å². The summed E-state index contributed by atoms with van der Waals surface area (Å²) in [6.07, 6.45) is 0. The highest BCUT2D eigenvalue weighted by Crippen LogP contribution is 2.61. The topological polar surface area (TPSA) is 74.6 Å². The van der Waals surface area contributed by atoms with Crippen LogP contribution < -0.4 is 0 Å². The zero-order valence-electron chi connectivity index (χ0n) is 6.29. The van der Waals surface area contributed by atoms with Crippen LogP contribution in [0.4, 0.5) is 0 Å². The van der Waals surface area contributed by atoms with E-state index in [1.807, 2.05) is 0 Å². The van der Waals surface area contributed by atoms with Gasteiger partial charge < -0.3 is 10.2 Å². The molecule has 0 aliphatic rings. The molecule has 0 saturated heterocycles. The van der Waals surface area contributed by atoms with Gasteiger partial charge in [0, 0.05) is 0 Å². The van der Waals surface area contributed by atoms with Gasteiger partial charge in [-0.05, 0) is 67.4 Å². The Kier molecular flexibility index (Phi) is 17.7. The summed E-state index contributed by atoms with van der Waals surface area (Å²) in [5, 5.41) is 8.81. The second kappa shape index (κ2) is 11.6. The van der Waals surface area contributed by atoms with Crippen LogP contribution >= 0.6 is 77.8 Å². The van der Waals surface area contributed by atoms with Gasteiger partial charge in [0.1, 0.15) is 0 Å². The summed E-state index contributed by atoms with van der Waals surface area (Å²) in [4.78, 5) is 0. The van der Waals surface area contributed by atoms with Gasteiger partial charge >= 0.3 is 10.4 Å². The van der Waals surface area contributed by atoms with Crippen LogP contribution in [-0.2, 0) is 9.13 Å². The Morgan fingerprint density at radius 1 is 0.714 bits per heavy atom. The molecule has 0 amide bonds. The number of hydrogen-bond donors (Lipinski definition) is 2. The van der Waals surface area contributed by atoms with Crippen molar-refractivity contribution >= 4 is 77.8 Å². The van der Waals surface area contributed by atoms with E-state index in [9.17, 15) is 9.13 Å². The Bertz CT molecular complexity index is 159. The van der Waals surface area contributed by atoms with Crippen molar-refractivity contribution in [3.63, 3.8) is 0 Å². The fourth-order valence-electron chi connectivity index (χ4n) is 0. The van der Waals surface area contributed by atoms with Crippen molar-refractivity contribution in [2.24, 2.45) is 0 Å². The van der Waals surface area contributed by atoms with E-state index in [0.29, 0.717) is 0 Å². The van der Waals surface area contributed by atoms with Crippen molar-refractivity contribution < 1.29 is 19.3 Å². The molecule has 0 unspecified atom stereocenters. The summed E-state index contributed by atoms with van der Waals surface area (Å²) >= 11 is 27.7. The SMILES string of the molecule is O=P(Cl)(Cl)Cl.O=P(Cl)(Cl)Cl.OCCO. The first-order chi connectivity index (χ1) is 5.91. The van der Waals surface area contributed by atoms with Gasteiger partial charge in [0.25, 0.3) is 0 Å². The quantitative estimate of drug-likeness (QED) is 0.664. The smallest absolute Gasteiger partial charge is 0.339 e. The lowest BCUT2D eigenvalue weighted by molar-refractivity contribution is 0.186. The van der Waals surface area contributed by atoms with Crippen LogP contribution in [0.5, 0.6) is 0 Å². The minimum absolute atomic E-state index is 0.125. The zero-order chi connectivity index (χ0) is 12.4. The fourth-order valence-corrected chi connectivity index (χ4v) is 0. The summed E-state index contributed by atoms with van der Waals surface area (Å²) in [6, 6.07) is 0. The van der Waals surface area contributed by atoms with Gasteiger partial charge in [0.05, 0.1) is 13.2 Å². The highest BCUT2D eigenvalue weighted by Gasteiger charge is 2.03. The Balaban J connectivity index is -0.000000131. The van der Waals surface area contributed by atoms with Crippen molar-refractivity contribution in [1.82, 2.24) is 0 Å². The van der Waals surface area contributed by atoms with E-state index >= 15 is 0 Å². The van der Waals surface area contributed by atoms with Crippen LogP contribution in [0.15, 0.2) is 0 Å². The molecule has 0 saturated carbocycles. The predicted octanol–water partition coefficient (Wildman–Crippen LogP) is 4.59. The molecule has 14 heavy (non-hydrogen) atoms. The number of aliphatic hydroxyl groups is 2. The maximum absolute atomic E-state index is 9.51. The molecule has 4 nitrogen and oxygen atoms in total. The molecule has 0 spiro atoms. The monoisotopic (exact) mass is 366 g/mol. The third-order valence-electron chi connectivity index (χ3n) is 0.1000. The van der Waals surface area contributed by atoms with Gasteiger partial charge in [-0.3, -0.25) is 9.13 Å². The van der Waals surface area contributed by atoms with E-state index < -0.39 is 10.4 Å². The lowest BCUT2D eigenvalue weighted by Crippen LogP contribution is -1.85. The van der Waals surface area contributed by atoms with Gasteiger partial charge in [0.2, 0.25) is 0 Å². The standard InChI is InChI=1S/C2H6O2.2Cl3OP/c3-1-2-4;2*1-5(2,3)4/h3-4H,1-2H2;;. The van der Waals surface area contributed by atoms with E-state index in [4.69, 9.17) is 10.2 Å². The van der Waals surface area contributed by atoms with E-state index in [1.165, 1.54) is 0 Å². The van der Waals surface area contributed by atoms with E-state index in [0.717, 1.165) is 0 Å². The number of aliphatic hydroxyl groups excluding tert-OH is 2. The Hall–Kier alpha value is 2.12. The second-order valence-electron chi connectivity index (χ2n) is 1.24. The molecule has 90 valence electrons. The van der Waals surface area contributed by atoms with Crippen molar-refractivity contribution in [3.05, 3.63) is 0 Å². The molecule has 0 aliphatic heterocycles.